The molecule has 0 saturated carbocycles. The molecule has 28 heavy (non-hydrogen) atoms. The molecule has 0 heterocycles. The van der Waals surface area contributed by atoms with Crippen molar-refractivity contribution in [3.63, 3.8) is 0 Å². The van der Waals surface area contributed by atoms with Crippen LogP contribution in [0.25, 0.3) is 11.0 Å². The van der Waals surface area contributed by atoms with Crippen molar-refractivity contribution in [2.75, 3.05) is 0 Å². The van der Waals surface area contributed by atoms with Gasteiger partial charge in [0.2, 0.25) is 0 Å². The van der Waals surface area contributed by atoms with Crippen LogP contribution in [0.5, 0.6) is 0 Å². The number of rotatable bonds is 6. The molecule has 2 N–H and O–H groups in total. The average Bonchev–Trinajstić information content (AvgIpc) is 2.60. The third kappa shape index (κ3) is 5.55. The maximum Gasteiger partial charge on any atom is 0.295 e. The number of hydrogen-bond donors (Lipinski definition) is 2. The second-order valence-corrected chi connectivity index (χ2v) is 8.28. The number of benzene rings is 2. The Hall–Kier alpha value is -2.40. The lowest BCUT2D eigenvalue weighted by atomic mass is 10.1. The molecule has 2 aromatic carbocycles. The highest BCUT2D eigenvalue weighted by Crippen LogP contribution is 2.32. The molecule has 144 valence electrons. The Labute approximate surface area is 171 Å². The van der Waals surface area contributed by atoms with Crippen LogP contribution in [0.1, 0.15) is 11.1 Å². The molecule has 8 nitrogen and oxygen atoms in total. The van der Waals surface area contributed by atoms with Crippen LogP contribution in [0.3, 0.4) is 0 Å². The molecule has 0 radical (unpaired) electrons. The van der Waals surface area contributed by atoms with Crippen molar-refractivity contribution in [1.82, 2.24) is 0 Å². The summed E-state index contributed by atoms with van der Waals surface area (Å²) in [5, 5.41) is 4.20. The van der Waals surface area contributed by atoms with E-state index >= 15 is 0 Å². The zero-order valence-electron chi connectivity index (χ0n) is 13.7. The summed E-state index contributed by atoms with van der Waals surface area (Å²) < 4.78 is 66.4. The van der Waals surface area contributed by atoms with E-state index in [1.165, 1.54) is 30.3 Å². The summed E-state index contributed by atoms with van der Waals surface area (Å²) >= 11 is 8.92. The van der Waals surface area contributed by atoms with E-state index in [9.17, 15) is 25.9 Å². The van der Waals surface area contributed by atoms with Gasteiger partial charge in [-0.2, -0.15) is 26.8 Å². The predicted octanol–water partition coefficient (Wildman–Crippen LogP) is 3.79. The van der Waals surface area contributed by atoms with Crippen molar-refractivity contribution in [2.45, 2.75) is 4.90 Å². The van der Waals surface area contributed by atoms with Gasteiger partial charge in [-0.25, -0.2) is 0 Å². The number of thiocarbonyl (C=S) groups is 2. The van der Waals surface area contributed by atoms with E-state index in [2.05, 4.69) is 39.6 Å². The van der Waals surface area contributed by atoms with Crippen LogP contribution in [0.4, 0.5) is 11.4 Å². The summed E-state index contributed by atoms with van der Waals surface area (Å²) in [6.45, 7) is 0. The molecule has 2 rings (SSSR count). The lowest BCUT2D eigenvalue weighted by Crippen LogP contribution is -2.08. The summed E-state index contributed by atoms with van der Waals surface area (Å²) in [7, 11) is -9.74. The normalized spacial score (nSPS) is 12.0. The minimum Gasteiger partial charge on any atom is -0.282 e. The standard InChI is InChI=1S/C16H10N2O6S4/c19-27(20,21)15(7-11-1-3-12(4-2-11)17-9-25)14-6-5-13(18-10-26)8-16(14)28(22,23)24/h1-8H,(H,19,20,21)(H,22,23,24)/b15-7-. The van der Waals surface area contributed by atoms with E-state index < -0.39 is 35.6 Å². The first-order valence-corrected chi connectivity index (χ1v) is 10.8. The van der Waals surface area contributed by atoms with Gasteiger partial charge in [0.15, 0.2) is 0 Å². The van der Waals surface area contributed by atoms with E-state index in [1.54, 1.807) is 0 Å². The fourth-order valence-corrected chi connectivity index (χ4v) is 3.93. The maximum absolute atomic E-state index is 11.9. The predicted molar refractivity (Wildman–Crippen MR) is 111 cm³/mol. The van der Waals surface area contributed by atoms with Gasteiger partial charge in [-0.1, -0.05) is 18.2 Å². The van der Waals surface area contributed by atoms with Gasteiger partial charge in [0.25, 0.3) is 20.2 Å². The summed E-state index contributed by atoms with van der Waals surface area (Å²) in [4.78, 5) is 5.81. The Morgan fingerprint density at radius 2 is 1.43 bits per heavy atom. The first kappa shape index (κ1) is 21.9. The van der Waals surface area contributed by atoms with Gasteiger partial charge in [0, 0.05) is 5.56 Å². The molecule has 0 fully saturated rings. The van der Waals surface area contributed by atoms with E-state index in [0.717, 1.165) is 18.2 Å². The van der Waals surface area contributed by atoms with Crippen molar-refractivity contribution in [2.24, 2.45) is 9.98 Å². The van der Waals surface area contributed by atoms with Gasteiger partial charge < -0.3 is 0 Å². The Balaban J connectivity index is 2.77. The van der Waals surface area contributed by atoms with Crippen molar-refractivity contribution in [3.05, 3.63) is 53.6 Å². The van der Waals surface area contributed by atoms with E-state index in [4.69, 9.17) is 0 Å². The molecule has 0 unspecified atom stereocenters. The van der Waals surface area contributed by atoms with E-state index in [-0.39, 0.29) is 5.69 Å². The lowest BCUT2D eigenvalue weighted by molar-refractivity contribution is 0.483. The smallest absolute Gasteiger partial charge is 0.282 e. The largest absolute Gasteiger partial charge is 0.295 e. The number of hydrogen-bond acceptors (Lipinski definition) is 8. The van der Waals surface area contributed by atoms with Crippen LogP contribution in [0.15, 0.2) is 57.3 Å². The van der Waals surface area contributed by atoms with Crippen LogP contribution >= 0.6 is 24.4 Å². The van der Waals surface area contributed by atoms with E-state index in [1.807, 2.05) is 5.16 Å². The molecule has 0 bridgehead atoms. The Bertz CT molecular complexity index is 1250. The fourth-order valence-electron chi connectivity index (χ4n) is 2.19. The molecule has 0 spiro atoms. The van der Waals surface area contributed by atoms with Crippen LogP contribution in [0.2, 0.25) is 0 Å². The fraction of sp³-hybridized carbons (Fsp3) is 0. The van der Waals surface area contributed by atoms with Gasteiger partial charge in [-0.05, 0) is 60.3 Å². The lowest BCUT2D eigenvalue weighted by Gasteiger charge is -2.10. The van der Waals surface area contributed by atoms with Crippen molar-refractivity contribution in [1.29, 1.82) is 0 Å². The second kappa shape index (κ2) is 8.74. The third-order valence-corrected chi connectivity index (χ3v) is 5.30. The van der Waals surface area contributed by atoms with Crippen LogP contribution in [0, 0.1) is 0 Å². The molecule has 0 amide bonds. The third-order valence-electron chi connectivity index (χ3n) is 3.33. The Morgan fingerprint density at radius 1 is 0.893 bits per heavy atom. The van der Waals surface area contributed by atoms with Crippen molar-refractivity contribution < 1.29 is 25.9 Å². The molecular weight excluding hydrogens is 444 g/mol. The average molecular weight is 455 g/mol. The number of aliphatic imine (C=N–C) groups is 2. The quantitative estimate of drug-likeness (QED) is 0.291. The van der Waals surface area contributed by atoms with Crippen molar-refractivity contribution >= 4 is 77.4 Å². The highest BCUT2D eigenvalue weighted by molar-refractivity contribution is 7.95. The molecule has 0 atom stereocenters. The SMILES string of the molecule is O=S(=O)(O)/C(=C\c1ccc(N=C=S)cc1)c1ccc(N=C=S)cc1S(=O)(=O)O. The van der Waals surface area contributed by atoms with Gasteiger partial charge in [-0.15, -0.1) is 0 Å². The monoisotopic (exact) mass is 454 g/mol. The molecular formula is C16H10N2O6S4. The van der Waals surface area contributed by atoms with Crippen LogP contribution in [-0.2, 0) is 20.2 Å². The molecule has 2 aromatic rings. The van der Waals surface area contributed by atoms with Gasteiger partial charge in [0.1, 0.15) is 9.80 Å². The van der Waals surface area contributed by atoms with Crippen molar-refractivity contribution in [3.8, 4) is 0 Å². The summed E-state index contributed by atoms with van der Waals surface area (Å²) in [5.74, 6) is 0. The molecule has 0 aliphatic carbocycles. The highest BCUT2D eigenvalue weighted by Gasteiger charge is 2.25. The maximum atomic E-state index is 11.9. The van der Waals surface area contributed by atoms with Crippen LogP contribution in [-0.4, -0.2) is 36.3 Å². The minimum absolute atomic E-state index is 0.0171. The number of isothiocyanates is 2. The first-order chi connectivity index (χ1) is 13.1. The van der Waals surface area contributed by atoms with Gasteiger partial charge in [-0.3, -0.25) is 9.11 Å². The van der Waals surface area contributed by atoms with Crippen LogP contribution < -0.4 is 0 Å². The second-order valence-electron chi connectivity index (χ2n) is 5.14. The molecule has 0 saturated heterocycles. The highest BCUT2D eigenvalue weighted by atomic mass is 32.2. The molecule has 0 aliphatic rings. The number of nitrogens with zero attached hydrogens (tertiary/aromatic N) is 2. The van der Waals surface area contributed by atoms with Gasteiger partial charge >= 0.3 is 0 Å². The first-order valence-electron chi connectivity index (χ1n) is 7.13. The zero-order chi connectivity index (χ0) is 20.9. The zero-order valence-corrected chi connectivity index (χ0v) is 16.9. The topological polar surface area (TPSA) is 133 Å². The molecule has 12 heteroatoms. The molecule has 0 aromatic heterocycles. The minimum atomic E-state index is -4.88. The summed E-state index contributed by atoms with van der Waals surface area (Å²) in [6, 6.07) is 9.17. The van der Waals surface area contributed by atoms with Gasteiger partial charge in [0.05, 0.1) is 21.7 Å². The van der Waals surface area contributed by atoms with E-state index in [0.29, 0.717) is 11.3 Å². The Kier molecular flexibility index (Phi) is 6.83. The summed E-state index contributed by atoms with van der Waals surface area (Å²) in [5.41, 5.74) is 0.331. The Morgan fingerprint density at radius 3 is 1.93 bits per heavy atom. The summed E-state index contributed by atoms with van der Waals surface area (Å²) in [6.07, 6.45) is 1.03. The molecule has 0 aliphatic heterocycles.